The number of ether oxygens (including phenoxy) is 1. The molecule has 2 unspecified atom stereocenters. The summed E-state index contributed by atoms with van der Waals surface area (Å²) in [5, 5.41) is 11.3. The lowest BCUT2D eigenvalue weighted by Crippen LogP contribution is -2.25. The van der Waals surface area contributed by atoms with Gasteiger partial charge in [-0.1, -0.05) is 0 Å². The topological polar surface area (TPSA) is 99.7 Å². The molecule has 3 aromatic rings. The molecule has 7 nitrogen and oxygen atoms in total. The molecular weight excluding hydrogens is 419 g/mol. The number of nitrogens with one attached hydrogen (secondary N) is 1. The average Bonchev–Trinajstić information content (AvgIpc) is 3.30. The van der Waals surface area contributed by atoms with Gasteiger partial charge in [-0.05, 0) is 35.7 Å². The molecule has 3 heterocycles. The van der Waals surface area contributed by atoms with Crippen molar-refractivity contribution in [3.63, 3.8) is 0 Å². The third-order valence-corrected chi connectivity index (χ3v) is 8.40. The van der Waals surface area contributed by atoms with Crippen LogP contribution in [0.25, 0.3) is 10.8 Å². The third kappa shape index (κ3) is 3.80. The van der Waals surface area contributed by atoms with Crippen molar-refractivity contribution >= 4 is 36.9 Å². The van der Waals surface area contributed by atoms with Gasteiger partial charge in [0.2, 0.25) is 0 Å². The van der Waals surface area contributed by atoms with Gasteiger partial charge < -0.3 is 19.7 Å². The zero-order valence-electron chi connectivity index (χ0n) is 15.5. The Balaban J connectivity index is 1.61. The Bertz CT molecular complexity index is 1220. The number of methoxy groups -OCH3 is 1. The molecule has 1 aliphatic heterocycles. The van der Waals surface area contributed by atoms with Crippen molar-refractivity contribution in [2.24, 2.45) is 0 Å². The summed E-state index contributed by atoms with van der Waals surface area (Å²) in [6.07, 6.45) is 0.436. The van der Waals surface area contributed by atoms with Gasteiger partial charge in [0.1, 0.15) is 16.1 Å². The molecule has 0 saturated carbocycles. The molecule has 29 heavy (non-hydrogen) atoms. The summed E-state index contributed by atoms with van der Waals surface area (Å²) in [5.74, 6) is -1.22. The Hall–Kier alpha value is -2.27. The van der Waals surface area contributed by atoms with Crippen molar-refractivity contribution in [1.29, 1.82) is 0 Å². The first-order chi connectivity index (χ1) is 13.8. The SMILES string of the molecule is COC1CN(c2ccc(S(=O)(=O)Cc3cc4c(=O)[nH]ccc4cc3F)s2)CC1O. The highest BCUT2D eigenvalue weighted by molar-refractivity contribution is 7.92. The van der Waals surface area contributed by atoms with Gasteiger partial charge in [-0.3, -0.25) is 4.79 Å². The number of aliphatic hydroxyl groups is 1. The van der Waals surface area contributed by atoms with Crippen LogP contribution in [0.1, 0.15) is 5.56 Å². The highest BCUT2D eigenvalue weighted by Crippen LogP contribution is 2.34. The van der Waals surface area contributed by atoms with Gasteiger partial charge in [-0.25, -0.2) is 12.8 Å². The molecule has 10 heteroatoms. The fraction of sp³-hybridized carbons (Fsp3) is 0.316. The number of benzene rings is 1. The zero-order valence-corrected chi connectivity index (χ0v) is 17.1. The molecule has 1 aliphatic rings. The highest BCUT2D eigenvalue weighted by Gasteiger charge is 2.32. The van der Waals surface area contributed by atoms with E-state index < -0.39 is 33.1 Å². The van der Waals surface area contributed by atoms with Crippen LogP contribution in [0.2, 0.25) is 0 Å². The first kappa shape index (κ1) is 20.0. The number of hydrogen-bond acceptors (Lipinski definition) is 7. The molecule has 0 spiro atoms. The fourth-order valence-electron chi connectivity index (χ4n) is 3.46. The zero-order chi connectivity index (χ0) is 20.8. The summed E-state index contributed by atoms with van der Waals surface area (Å²) >= 11 is 1.06. The molecule has 0 radical (unpaired) electrons. The second-order valence-corrected chi connectivity index (χ2v) is 10.2. The monoisotopic (exact) mass is 438 g/mol. The number of anilines is 1. The summed E-state index contributed by atoms with van der Waals surface area (Å²) in [5.41, 5.74) is -0.458. The molecule has 4 rings (SSSR count). The number of pyridine rings is 1. The predicted octanol–water partition coefficient (Wildman–Crippen LogP) is 1.90. The number of thiophene rings is 1. The normalized spacial score (nSPS) is 19.9. The maximum Gasteiger partial charge on any atom is 0.255 e. The molecular formula is C19H19FN2O5S2. The number of halogens is 1. The Morgan fingerprint density at radius 2 is 2.10 bits per heavy atom. The van der Waals surface area contributed by atoms with Crippen molar-refractivity contribution in [3.05, 3.63) is 58.3 Å². The van der Waals surface area contributed by atoms with Crippen molar-refractivity contribution < 1.29 is 22.7 Å². The smallest absolute Gasteiger partial charge is 0.255 e. The fourth-order valence-corrected chi connectivity index (χ4v) is 6.20. The van der Waals surface area contributed by atoms with Gasteiger partial charge in [0.05, 0.1) is 16.9 Å². The van der Waals surface area contributed by atoms with E-state index in [2.05, 4.69) is 4.98 Å². The lowest BCUT2D eigenvalue weighted by molar-refractivity contribution is 0.0217. The largest absolute Gasteiger partial charge is 0.388 e. The Labute approximate surface area is 170 Å². The van der Waals surface area contributed by atoms with E-state index in [0.29, 0.717) is 23.5 Å². The molecule has 154 valence electrons. The van der Waals surface area contributed by atoms with Crippen LogP contribution < -0.4 is 10.5 Å². The summed E-state index contributed by atoms with van der Waals surface area (Å²) in [6, 6.07) is 7.17. The van der Waals surface area contributed by atoms with E-state index in [1.54, 1.807) is 12.1 Å². The first-order valence-electron chi connectivity index (χ1n) is 8.87. The van der Waals surface area contributed by atoms with Crippen LogP contribution in [0.15, 0.2) is 45.5 Å². The number of β-amino-alcohol motifs (C(OH)–C–C–N with tert-alkyl or cyclic N) is 1. The standard InChI is InChI=1S/C19H19FN2O5S2/c1-27-16-9-22(8-15(16)23)17-2-3-18(28-17)29(25,26)10-12-6-13-11(7-14(12)20)4-5-21-19(13)24/h2-7,15-16,23H,8-10H2,1H3,(H,21,24). The van der Waals surface area contributed by atoms with E-state index in [-0.39, 0.29) is 21.3 Å². The molecule has 1 saturated heterocycles. The number of rotatable bonds is 5. The third-order valence-electron chi connectivity index (χ3n) is 5.01. The molecule has 2 atom stereocenters. The molecule has 0 aliphatic carbocycles. The molecule has 2 N–H and O–H groups in total. The Morgan fingerprint density at radius 3 is 2.83 bits per heavy atom. The van der Waals surface area contributed by atoms with Gasteiger partial charge in [0, 0.05) is 37.3 Å². The van der Waals surface area contributed by atoms with Crippen LogP contribution in [0, 0.1) is 5.82 Å². The number of fused-ring (bicyclic) bond motifs is 1. The van der Waals surface area contributed by atoms with Crippen LogP contribution in [-0.2, 0) is 20.3 Å². The van der Waals surface area contributed by atoms with Crippen LogP contribution >= 0.6 is 11.3 Å². The number of H-pyrrole nitrogens is 1. The summed E-state index contributed by atoms with van der Waals surface area (Å²) in [7, 11) is -2.29. The van der Waals surface area contributed by atoms with Crippen molar-refractivity contribution in [1.82, 2.24) is 4.98 Å². The number of aliphatic hydroxyl groups excluding tert-OH is 1. The number of sulfone groups is 1. The second-order valence-electron chi connectivity index (χ2n) is 6.94. The molecule has 0 bridgehead atoms. The minimum absolute atomic E-state index is 0.0554. The van der Waals surface area contributed by atoms with Crippen LogP contribution in [0.5, 0.6) is 0 Å². The minimum atomic E-state index is -3.81. The number of aromatic nitrogens is 1. The van der Waals surface area contributed by atoms with Crippen molar-refractivity contribution in [2.75, 3.05) is 25.1 Å². The minimum Gasteiger partial charge on any atom is -0.388 e. The van der Waals surface area contributed by atoms with E-state index in [1.807, 2.05) is 4.90 Å². The van der Waals surface area contributed by atoms with E-state index >= 15 is 0 Å². The van der Waals surface area contributed by atoms with Crippen molar-refractivity contribution in [2.45, 2.75) is 22.2 Å². The van der Waals surface area contributed by atoms with Gasteiger partial charge in [-0.15, -0.1) is 11.3 Å². The van der Waals surface area contributed by atoms with Gasteiger partial charge in [0.15, 0.2) is 9.84 Å². The molecule has 1 aromatic carbocycles. The van der Waals surface area contributed by atoms with E-state index in [9.17, 15) is 22.7 Å². The Morgan fingerprint density at radius 1 is 1.31 bits per heavy atom. The maximum absolute atomic E-state index is 14.5. The second kappa shape index (κ2) is 7.52. The van der Waals surface area contributed by atoms with Crippen molar-refractivity contribution in [3.8, 4) is 0 Å². The van der Waals surface area contributed by atoms with Crippen LogP contribution in [0.4, 0.5) is 9.39 Å². The van der Waals surface area contributed by atoms with Crippen LogP contribution in [0.3, 0.4) is 0 Å². The summed E-state index contributed by atoms with van der Waals surface area (Å²) in [4.78, 5) is 16.3. The lowest BCUT2D eigenvalue weighted by atomic mass is 10.1. The van der Waals surface area contributed by atoms with Gasteiger partial charge in [-0.2, -0.15) is 0 Å². The predicted molar refractivity (Wildman–Crippen MR) is 109 cm³/mol. The number of hydrogen-bond donors (Lipinski definition) is 2. The molecule has 2 aromatic heterocycles. The van der Waals surface area contributed by atoms with Gasteiger partial charge in [0.25, 0.3) is 5.56 Å². The quantitative estimate of drug-likeness (QED) is 0.631. The maximum atomic E-state index is 14.5. The lowest BCUT2D eigenvalue weighted by Gasteiger charge is -2.14. The van der Waals surface area contributed by atoms with Crippen LogP contribution in [-0.4, -0.2) is 50.9 Å². The average molecular weight is 439 g/mol. The highest BCUT2D eigenvalue weighted by atomic mass is 32.2. The van der Waals surface area contributed by atoms with E-state index in [1.165, 1.54) is 31.5 Å². The van der Waals surface area contributed by atoms with E-state index in [0.717, 1.165) is 11.3 Å². The number of nitrogens with zero attached hydrogens (tertiary/aromatic N) is 1. The Kier molecular flexibility index (Phi) is 5.19. The summed E-state index contributed by atoms with van der Waals surface area (Å²) in [6.45, 7) is 0.806. The summed E-state index contributed by atoms with van der Waals surface area (Å²) < 4.78 is 45.5. The van der Waals surface area contributed by atoms with E-state index in [4.69, 9.17) is 4.74 Å². The first-order valence-corrected chi connectivity index (χ1v) is 11.3. The number of aromatic amines is 1. The van der Waals surface area contributed by atoms with Gasteiger partial charge >= 0.3 is 0 Å². The molecule has 0 amide bonds. The molecule has 1 fully saturated rings.